The molecule has 0 radical (unpaired) electrons. The molecule has 0 amide bonds. The van der Waals surface area contributed by atoms with Crippen molar-refractivity contribution in [1.82, 2.24) is 9.80 Å². The number of β-amino-alcohol motifs (C(OH)–C–C–N with tert-alkyl or cyclic N) is 1. The van der Waals surface area contributed by atoms with E-state index in [2.05, 4.69) is 23.8 Å². The van der Waals surface area contributed by atoms with Crippen molar-refractivity contribution >= 4 is 0 Å². The fourth-order valence-corrected chi connectivity index (χ4v) is 3.56. The molecule has 1 unspecified atom stereocenters. The molecule has 0 aromatic heterocycles. The van der Waals surface area contributed by atoms with Gasteiger partial charge >= 0.3 is 0 Å². The molecule has 1 aliphatic carbocycles. The molecule has 18 heavy (non-hydrogen) atoms. The molecule has 1 N–H and O–H groups in total. The average Bonchev–Trinajstić information content (AvgIpc) is 2.76. The van der Waals surface area contributed by atoms with E-state index in [4.69, 9.17) is 0 Å². The third kappa shape index (κ3) is 3.94. The predicted octanol–water partition coefficient (Wildman–Crippen LogP) is 1.96. The second-order valence-electron chi connectivity index (χ2n) is 6.53. The maximum Gasteiger partial charge on any atom is 0.0774 e. The standard InChI is InChI=1S/C15H30N2O/c1-3-16(2)11-14-7-10-17(12-14)13-15(18)8-5-4-6-9-15/h14,18H,3-13H2,1-2H3. The van der Waals surface area contributed by atoms with E-state index >= 15 is 0 Å². The molecule has 0 aromatic carbocycles. The van der Waals surface area contributed by atoms with Crippen LogP contribution in [0.3, 0.4) is 0 Å². The Labute approximate surface area is 112 Å². The van der Waals surface area contributed by atoms with E-state index < -0.39 is 0 Å². The maximum atomic E-state index is 10.6. The summed E-state index contributed by atoms with van der Waals surface area (Å²) in [4.78, 5) is 4.91. The molecule has 2 fully saturated rings. The van der Waals surface area contributed by atoms with Gasteiger partial charge < -0.3 is 14.9 Å². The van der Waals surface area contributed by atoms with Crippen LogP contribution in [0.25, 0.3) is 0 Å². The summed E-state index contributed by atoms with van der Waals surface area (Å²) in [7, 11) is 2.21. The first-order valence-corrected chi connectivity index (χ1v) is 7.74. The molecule has 3 nitrogen and oxygen atoms in total. The van der Waals surface area contributed by atoms with Gasteiger partial charge in [-0.3, -0.25) is 0 Å². The van der Waals surface area contributed by atoms with Gasteiger partial charge in [0.2, 0.25) is 0 Å². The largest absolute Gasteiger partial charge is 0.389 e. The van der Waals surface area contributed by atoms with E-state index in [0.717, 1.165) is 31.8 Å². The SMILES string of the molecule is CCN(C)CC1CCN(CC2(O)CCCCC2)C1. The molecule has 0 aromatic rings. The highest BCUT2D eigenvalue weighted by Crippen LogP contribution is 2.30. The van der Waals surface area contributed by atoms with Gasteiger partial charge in [-0.15, -0.1) is 0 Å². The number of likely N-dealkylation sites (tertiary alicyclic amines) is 1. The Kier molecular flexibility index (Phi) is 5.05. The smallest absolute Gasteiger partial charge is 0.0774 e. The van der Waals surface area contributed by atoms with Crippen molar-refractivity contribution in [3.05, 3.63) is 0 Å². The highest BCUT2D eigenvalue weighted by Gasteiger charge is 2.34. The van der Waals surface area contributed by atoms with Crippen LogP contribution in [0.5, 0.6) is 0 Å². The molecule has 1 saturated carbocycles. The minimum atomic E-state index is -0.371. The molecule has 2 rings (SSSR count). The Hall–Kier alpha value is -0.120. The summed E-state index contributed by atoms with van der Waals surface area (Å²) in [5.41, 5.74) is -0.371. The summed E-state index contributed by atoms with van der Waals surface area (Å²) in [6, 6.07) is 0. The van der Waals surface area contributed by atoms with Gasteiger partial charge in [0.25, 0.3) is 0 Å². The van der Waals surface area contributed by atoms with Crippen molar-refractivity contribution in [2.75, 3.05) is 39.8 Å². The summed E-state index contributed by atoms with van der Waals surface area (Å²) in [6.07, 6.45) is 7.08. The number of nitrogens with zero attached hydrogens (tertiary/aromatic N) is 2. The maximum absolute atomic E-state index is 10.6. The Balaban J connectivity index is 1.75. The highest BCUT2D eigenvalue weighted by molar-refractivity contribution is 4.88. The second-order valence-corrected chi connectivity index (χ2v) is 6.53. The van der Waals surface area contributed by atoms with Gasteiger partial charge in [-0.1, -0.05) is 26.2 Å². The van der Waals surface area contributed by atoms with E-state index in [0.29, 0.717) is 0 Å². The molecule has 106 valence electrons. The number of aliphatic hydroxyl groups is 1. The normalized spacial score (nSPS) is 29.0. The summed E-state index contributed by atoms with van der Waals surface area (Å²) in [6.45, 7) is 7.86. The first-order chi connectivity index (χ1) is 8.61. The molecule has 0 spiro atoms. The van der Waals surface area contributed by atoms with Gasteiger partial charge in [-0.25, -0.2) is 0 Å². The van der Waals surface area contributed by atoms with Crippen LogP contribution in [-0.4, -0.2) is 60.3 Å². The second kappa shape index (κ2) is 6.36. The van der Waals surface area contributed by atoms with Crippen molar-refractivity contribution in [2.24, 2.45) is 5.92 Å². The summed E-state index contributed by atoms with van der Waals surface area (Å²) >= 11 is 0. The number of hydrogen-bond donors (Lipinski definition) is 1. The van der Waals surface area contributed by atoms with Crippen LogP contribution in [0.15, 0.2) is 0 Å². The Morgan fingerprint density at radius 2 is 2.00 bits per heavy atom. The van der Waals surface area contributed by atoms with Crippen molar-refractivity contribution in [1.29, 1.82) is 0 Å². The zero-order valence-electron chi connectivity index (χ0n) is 12.2. The lowest BCUT2D eigenvalue weighted by Gasteiger charge is -2.35. The predicted molar refractivity (Wildman–Crippen MR) is 75.8 cm³/mol. The number of rotatable bonds is 5. The molecule has 1 aliphatic heterocycles. The van der Waals surface area contributed by atoms with E-state index in [-0.39, 0.29) is 5.60 Å². The third-order valence-electron chi connectivity index (χ3n) is 4.78. The van der Waals surface area contributed by atoms with Gasteiger partial charge in [0.15, 0.2) is 0 Å². The zero-order chi connectivity index (χ0) is 13.0. The molecular weight excluding hydrogens is 224 g/mol. The molecule has 1 saturated heterocycles. The Bertz CT molecular complexity index is 251. The lowest BCUT2D eigenvalue weighted by atomic mass is 9.84. The quantitative estimate of drug-likeness (QED) is 0.812. The summed E-state index contributed by atoms with van der Waals surface area (Å²) in [5.74, 6) is 0.808. The molecule has 1 heterocycles. The Morgan fingerprint density at radius 1 is 1.28 bits per heavy atom. The van der Waals surface area contributed by atoms with E-state index in [9.17, 15) is 5.11 Å². The average molecular weight is 254 g/mol. The van der Waals surface area contributed by atoms with Crippen LogP contribution >= 0.6 is 0 Å². The van der Waals surface area contributed by atoms with Crippen LogP contribution < -0.4 is 0 Å². The third-order valence-corrected chi connectivity index (χ3v) is 4.78. The minimum Gasteiger partial charge on any atom is -0.389 e. The molecule has 0 bridgehead atoms. The minimum absolute atomic E-state index is 0.371. The van der Waals surface area contributed by atoms with Gasteiger partial charge in [-0.05, 0) is 45.3 Å². The highest BCUT2D eigenvalue weighted by atomic mass is 16.3. The summed E-state index contributed by atoms with van der Waals surface area (Å²) in [5, 5.41) is 10.6. The van der Waals surface area contributed by atoms with Crippen LogP contribution in [0.2, 0.25) is 0 Å². The summed E-state index contributed by atoms with van der Waals surface area (Å²) < 4.78 is 0. The molecule has 2 aliphatic rings. The van der Waals surface area contributed by atoms with Crippen molar-refractivity contribution in [2.45, 2.75) is 51.0 Å². The van der Waals surface area contributed by atoms with Crippen molar-refractivity contribution in [3.8, 4) is 0 Å². The van der Waals surface area contributed by atoms with Gasteiger partial charge in [-0.2, -0.15) is 0 Å². The lowest BCUT2D eigenvalue weighted by Crippen LogP contribution is -2.43. The fourth-order valence-electron chi connectivity index (χ4n) is 3.56. The molecule has 3 heteroatoms. The van der Waals surface area contributed by atoms with Gasteiger partial charge in [0.1, 0.15) is 0 Å². The topological polar surface area (TPSA) is 26.7 Å². The Morgan fingerprint density at radius 3 is 2.67 bits per heavy atom. The van der Waals surface area contributed by atoms with E-state index in [1.807, 2.05) is 0 Å². The van der Waals surface area contributed by atoms with Gasteiger partial charge in [0, 0.05) is 19.6 Å². The molecular formula is C15H30N2O. The van der Waals surface area contributed by atoms with Crippen LogP contribution in [-0.2, 0) is 0 Å². The number of hydrogen-bond acceptors (Lipinski definition) is 3. The van der Waals surface area contributed by atoms with Crippen LogP contribution in [0.1, 0.15) is 45.4 Å². The van der Waals surface area contributed by atoms with Crippen molar-refractivity contribution in [3.63, 3.8) is 0 Å². The van der Waals surface area contributed by atoms with E-state index in [1.165, 1.54) is 45.3 Å². The van der Waals surface area contributed by atoms with Gasteiger partial charge in [0.05, 0.1) is 5.60 Å². The van der Waals surface area contributed by atoms with Crippen LogP contribution in [0, 0.1) is 5.92 Å². The first-order valence-electron chi connectivity index (χ1n) is 7.74. The zero-order valence-corrected chi connectivity index (χ0v) is 12.2. The van der Waals surface area contributed by atoms with Crippen molar-refractivity contribution < 1.29 is 5.11 Å². The monoisotopic (exact) mass is 254 g/mol. The van der Waals surface area contributed by atoms with E-state index in [1.54, 1.807) is 0 Å². The fraction of sp³-hybridized carbons (Fsp3) is 1.00. The lowest BCUT2D eigenvalue weighted by molar-refractivity contribution is -0.0222. The van der Waals surface area contributed by atoms with Crippen LogP contribution in [0.4, 0.5) is 0 Å². The molecule has 1 atom stereocenters. The first kappa shape index (κ1) is 14.3.